The molecule has 4 heteroatoms. The number of aliphatic hydroxyl groups excluding tert-OH is 1. The number of carbonyl (C=O) groups excluding carboxylic acids is 1. The Morgan fingerprint density at radius 1 is 1.03 bits per heavy atom. The molecule has 34 heavy (non-hydrogen) atoms. The summed E-state index contributed by atoms with van der Waals surface area (Å²) in [7, 11) is 0. The smallest absolute Gasteiger partial charge is 0.312 e. The van der Waals surface area contributed by atoms with E-state index in [-0.39, 0.29) is 34.2 Å². The third-order valence-corrected chi connectivity index (χ3v) is 11.8. The fourth-order valence-electron chi connectivity index (χ4n) is 8.57. The first-order chi connectivity index (χ1) is 15.5. The Bertz CT molecular complexity index is 781. The molecule has 4 rings (SSSR count). The third kappa shape index (κ3) is 4.17. The Hall–Kier alpha value is -0.610. The van der Waals surface area contributed by atoms with E-state index < -0.39 is 11.5 Å². The number of ether oxygens (including phenoxy) is 2. The third-order valence-electron chi connectivity index (χ3n) is 11.8. The molecule has 0 radical (unpaired) electrons. The van der Waals surface area contributed by atoms with Crippen molar-refractivity contribution in [3.63, 3.8) is 0 Å². The maximum Gasteiger partial charge on any atom is 0.312 e. The molecule has 4 aliphatic rings. The molecule has 0 spiro atoms. The van der Waals surface area contributed by atoms with Gasteiger partial charge in [-0.25, -0.2) is 0 Å². The summed E-state index contributed by atoms with van der Waals surface area (Å²) in [5.41, 5.74) is -0.678. The maximum absolute atomic E-state index is 13.3. The minimum absolute atomic E-state index is 0.0534. The molecule has 9 atom stereocenters. The van der Waals surface area contributed by atoms with E-state index >= 15 is 0 Å². The largest absolute Gasteiger partial charge is 0.463 e. The summed E-state index contributed by atoms with van der Waals surface area (Å²) in [6.07, 6.45) is 8.77. The minimum Gasteiger partial charge on any atom is -0.463 e. The van der Waals surface area contributed by atoms with Crippen molar-refractivity contribution in [2.75, 3.05) is 13.2 Å². The fraction of sp³-hybridized carbons (Fsp3) is 0.967. The molecule has 9 unspecified atom stereocenters. The van der Waals surface area contributed by atoms with Crippen molar-refractivity contribution >= 4 is 5.97 Å². The van der Waals surface area contributed by atoms with Crippen LogP contribution in [0.1, 0.15) is 107 Å². The second kappa shape index (κ2) is 8.47. The maximum atomic E-state index is 13.3. The van der Waals surface area contributed by atoms with Gasteiger partial charge in [0.15, 0.2) is 0 Å². The standard InChI is InChI=1S/C30H52O4/c1-19(31)15-33-25(32)29(8,26(2,3)4)16-27(5,6)30(9)17-28(30,7)18-34-24-14-20-13-23(24)22-12-10-11-21(20)22/h19-24,31H,10-18H2,1-9H3. The van der Waals surface area contributed by atoms with Crippen molar-refractivity contribution < 1.29 is 19.4 Å². The average Bonchev–Trinajstić information content (AvgIpc) is 3.18. The molecule has 196 valence electrons. The van der Waals surface area contributed by atoms with Gasteiger partial charge in [-0.3, -0.25) is 4.79 Å². The first-order valence-corrected chi connectivity index (χ1v) is 14.0. The van der Waals surface area contributed by atoms with E-state index in [1.165, 1.54) is 32.1 Å². The van der Waals surface area contributed by atoms with Crippen LogP contribution in [0.3, 0.4) is 0 Å². The number of esters is 1. The topological polar surface area (TPSA) is 55.8 Å². The zero-order valence-electron chi connectivity index (χ0n) is 23.5. The van der Waals surface area contributed by atoms with E-state index in [1.54, 1.807) is 6.92 Å². The SMILES string of the molecule is CC(O)COC(=O)C(C)(CC(C)(C)C1(C)CC1(C)COC1CC2CC1C1CCCC21)C(C)(C)C. The molecule has 4 fully saturated rings. The van der Waals surface area contributed by atoms with Crippen LogP contribution in [0.4, 0.5) is 0 Å². The lowest BCUT2D eigenvalue weighted by Crippen LogP contribution is -2.47. The highest BCUT2D eigenvalue weighted by Crippen LogP contribution is 2.74. The van der Waals surface area contributed by atoms with Crippen LogP contribution in [0, 0.1) is 50.7 Å². The molecule has 4 aliphatic carbocycles. The van der Waals surface area contributed by atoms with E-state index in [1.807, 2.05) is 0 Å². The Kier molecular flexibility index (Phi) is 6.59. The van der Waals surface area contributed by atoms with Gasteiger partial charge >= 0.3 is 5.97 Å². The summed E-state index contributed by atoms with van der Waals surface area (Å²) in [4.78, 5) is 13.3. The van der Waals surface area contributed by atoms with Crippen LogP contribution in [0.15, 0.2) is 0 Å². The van der Waals surface area contributed by atoms with Crippen molar-refractivity contribution in [1.29, 1.82) is 0 Å². The summed E-state index contributed by atoms with van der Waals surface area (Å²) < 4.78 is 12.3. The van der Waals surface area contributed by atoms with Crippen LogP contribution >= 0.6 is 0 Å². The van der Waals surface area contributed by atoms with Crippen LogP contribution < -0.4 is 0 Å². The van der Waals surface area contributed by atoms with Gasteiger partial charge in [0.25, 0.3) is 0 Å². The van der Waals surface area contributed by atoms with Gasteiger partial charge in [-0.1, -0.05) is 54.9 Å². The number of rotatable bonds is 9. The summed E-state index contributed by atoms with van der Waals surface area (Å²) in [5.74, 6) is 3.50. The second-order valence-electron chi connectivity index (χ2n) is 15.2. The van der Waals surface area contributed by atoms with Gasteiger partial charge in [0.1, 0.15) is 6.61 Å². The lowest BCUT2D eigenvalue weighted by atomic mass is 9.57. The van der Waals surface area contributed by atoms with E-state index in [4.69, 9.17) is 9.47 Å². The van der Waals surface area contributed by atoms with Gasteiger partial charge in [-0.05, 0) is 97.7 Å². The molecule has 0 aromatic heterocycles. The van der Waals surface area contributed by atoms with Gasteiger partial charge in [0.05, 0.1) is 24.2 Å². The van der Waals surface area contributed by atoms with Gasteiger partial charge in [-0.2, -0.15) is 0 Å². The number of hydrogen-bond donors (Lipinski definition) is 1. The Labute approximate surface area is 208 Å². The van der Waals surface area contributed by atoms with Crippen LogP contribution in [0.2, 0.25) is 0 Å². The molecular formula is C30H52O4. The molecule has 0 amide bonds. The second-order valence-corrected chi connectivity index (χ2v) is 15.2. The monoisotopic (exact) mass is 476 g/mol. The van der Waals surface area contributed by atoms with Crippen molar-refractivity contribution in [1.82, 2.24) is 0 Å². The van der Waals surface area contributed by atoms with Crippen LogP contribution in [-0.2, 0) is 14.3 Å². The van der Waals surface area contributed by atoms with Crippen LogP contribution in [0.5, 0.6) is 0 Å². The number of hydrogen-bond acceptors (Lipinski definition) is 4. The molecule has 4 nitrogen and oxygen atoms in total. The minimum atomic E-state index is -0.645. The molecule has 0 heterocycles. The molecule has 4 saturated carbocycles. The predicted octanol–water partition coefficient (Wildman–Crippen LogP) is 6.64. The van der Waals surface area contributed by atoms with E-state index in [0.717, 1.165) is 43.1 Å². The zero-order chi connectivity index (χ0) is 25.3. The number of fused-ring (bicyclic) bond motifs is 5. The first kappa shape index (κ1) is 26.5. The van der Waals surface area contributed by atoms with Gasteiger partial charge in [0, 0.05) is 0 Å². The fourth-order valence-corrected chi connectivity index (χ4v) is 8.57. The van der Waals surface area contributed by atoms with Gasteiger partial charge < -0.3 is 14.6 Å². The molecule has 0 aromatic rings. The van der Waals surface area contributed by atoms with Crippen molar-refractivity contribution in [2.45, 2.75) is 119 Å². The predicted molar refractivity (Wildman–Crippen MR) is 136 cm³/mol. The highest BCUT2D eigenvalue weighted by Gasteiger charge is 2.69. The molecule has 0 aromatic carbocycles. The Morgan fingerprint density at radius 3 is 2.29 bits per heavy atom. The summed E-state index contributed by atoms with van der Waals surface area (Å²) in [5, 5.41) is 9.66. The summed E-state index contributed by atoms with van der Waals surface area (Å²) in [6.45, 7) is 20.5. The normalized spacial score (nSPS) is 41.8. The van der Waals surface area contributed by atoms with E-state index in [2.05, 4.69) is 55.4 Å². The van der Waals surface area contributed by atoms with E-state index in [0.29, 0.717) is 6.10 Å². The van der Waals surface area contributed by atoms with Gasteiger partial charge in [-0.15, -0.1) is 0 Å². The highest BCUT2D eigenvalue weighted by molar-refractivity contribution is 5.77. The van der Waals surface area contributed by atoms with Crippen molar-refractivity contribution in [3.8, 4) is 0 Å². The Balaban J connectivity index is 1.41. The lowest BCUT2D eigenvalue weighted by molar-refractivity contribution is -0.169. The first-order valence-electron chi connectivity index (χ1n) is 14.0. The van der Waals surface area contributed by atoms with Crippen LogP contribution in [-0.4, -0.2) is 36.5 Å². The summed E-state index contributed by atoms with van der Waals surface area (Å²) in [6, 6.07) is 0. The molecule has 0 aliphatic heterocycles. The lowest BCUT2D eigenvalue weighted by Gasteiger charge is -2.47. The molecule has 0 saturated heterocycles. The van der Waals surface area contributed by atoms with E-state index in [9.17, 15) is 9.90 Å². The number of aliphatic hydroxyl groups is 1. The highest BCUT2D eigenvalue weighted by atomic mass is 16.5. The molecular weight excluding hydrogens is 424 g/mol. The molecule has 2 bridgehead atoms. The number of carbonyl (C=O) groups is 1. The zero-order valence-corrected chi connectivity index (χ0v) is 23.5. The van der Waals surface area contributed by atoms with Crippen molar-refractivity contribution in [3.05, 3.63) is 0 Å². The molecule has 1 N–H and O–H groups in total. The quantitative estimate of drug-likeness (QED) is 0.379. The van der Waals surface area contributed by atoms with Gasteiger partial charge in [0.2, 0.25) is 0 Å². The Morgan fingerprint density at radius 2 is 1.68 bits per heavy atom. The average molecular weight is 477 g/mol. The summed E-state index contributed by atoms with van der Waals surface area (Å²) >= 11 is 0. The van der Waals surface area contributed by atoms with Crippen molar-refractivity contribution in [2.24, 2.45) is 50.7 Å². The van der Waals surface area contributed by atoms with Crippen LogP contribution in [0.25, 0.3) is 0 Å².